The van der Waals surface area contributed by atoms with Gasteiger partial charge in [-0.2, -0.15) is 0 Å². The second-order valence-corrected chi connectivity index (χ2v) is 11.3. The van der Waals surface area contributed by atoms with Crippen molar-refractivity contribution < 1.29 is 13.2 Å². The number of ether oxygens (including phenoxy) is 1. The third-order valence-corrected chi connectivity index (χ3v) is 8.90. The van der Waals surface area contributed by atoms with E-state index in [2.05, 4.69) is 35.1 Å². The molecule has 1 heterocycles. The number of hydrogen-bond donors (Lipinski definition) is 1. The van der Waals surface area contributed by atoms with Crippen LogP contribution in [0, 0.1) is 0 Å². The zero-order valence-corrected chi connectivity index (χ0v) is 22.9. The molecule has 1 aromatic heterocycles. The molecule has 0 saturated heterocycles. The number of aryl methyl sites for hydroxylation is 1. The van der Waals surface area contributed by atoms with E-state index < -0.39 is 10.0 Å². The Kier molecular flexibility index (Phi) is 9.18. The Labute approximate surface area is 221 Å². The van der Waals surface area contributed by atoms with Gasteiger partial charge in [-0.3, -0.25) is 9.29 Å². The maximum atomic E-state index is 13.2. The molecule has 2 aromatic carbocycles. The Morgan fingerprint density at radius 1 is 1.03 bits per heavy atom. The lowest BCUT2D eigenvalue weighted by Gasteiger charge is -2.25. The lowest BCUT2D eigenvalue weighted by Crippen LogP contribution is -2.28. The van der Waals surface area contributed by atoms with Crippen molar-refractivity contribution >= 4 is 15.7 Å². The minimum absolute atomic E-state index is 0.226. The maximum Gasteiger partial charge on any atom is 0.264 e. The molecule has 0 bridgehead atoms. The van der Waals surface area contributed by atoms with Gasteiger partial charge in [0.25, 0.3) is 10.0 Å². The van der Waals surface area contributed by atoms with Gasteiger partial charge in [-0.1, -0.05) is 32.0 Å². The number of likely N-dealkylation sites (N-methyl/N-ethyl adjacent to an activating group) is 1. The summed E-state index contributed by atoms with van der Waals surface area (Å²) in [5.74, 6) is 0.731. The fraction of sp³-hybridized carbons (Fsp3) is 0.414. The van der Waals surface area contributed by atoms with Crippen LogP contribution in [0.3, 0.4) is 0 Å². The summed E-state index contributed by atoms with van der Waals surface area (Å²) in [5, 5.41) is 3.60. The summed E-state index contributed by atoms with van der Waals surface area (Å²) in [7, 11) is -2.10. The number of sulfonamides is 1. The molecule has 0 radical (unpaired) electrons. The third kappa shape index (κ3) is 6.69. The van der Waals surface area contributed by atoms with Gasteiger partial charge in [-0.15, -0.1) is 0 Å². The normalized spacial score (nSPS) is 15.4. The molecule has 1 N–H and O–H groups in total. The number of nitrogens with zero attached hydrogens (tertiary/aromatic N) is 3. The first-order valence-corrected chi connectivity index (χ1v) is 14.6. The molecule has 1 unspecified atom stereocenters. The third-order valence-electron chi connectivity index (χ3n) is 7.10. The Hall–Kier alpha value is -2.94. The van der Waals surface area contributed by atoms with E-state index in [0.29, 0.717) is 18.8 Å². The molecule has 7 nitrogen and oxygen atoms in total. The van der Waals surface area contributed by atoms with Gasteiger partial charge in [0.2, 0.25) is 0 Å². The van der Waals surface area contributed by atoms with Crippen LogP contribution in [-0.2, 0) is 23.0 Å². The van der Waals surface area contributed by atoms with Gasteiger partial charge < -0.3 is 15.0 Å². The Morgan fingerprint density at radius 3 is 2.46 bits per heavy atom. The zero-order valence-electron chi connectivity index (χ0n) is 22.1. The van der Waals surface area contributed by atoms with E-state index in [0.717, 1.165) is 55.9 Å². The largest absolute Gasteiger partial charge is 0.492 e. The molecule has 198 valence electrons. The lowest BCUT2D eigenvalue weighted by atomic mass is 9.92. The second-order valence-electron chi connectivity index (χ2n) is 9.36. The molecule has 0 aliphatic heterocycles. The highest BCUT2D eigenvalue weighted by atomic mass is 32.2. The van der Waals surface area contributed by atoms with Crippen molar-refractivity contribution in [3.8, 4) is 5.75 Å². The number of fused-ring (bicyclic) bond motifs is 1. The number of hydrogen-bond acceptors (Lipinski definition) is 6. The number of anilines is 1. The number of benzene rings is 2. The van der Waals surface area contributed by atoms with Crippen molar-refractivity contribution in [1.29, 1.82) is 0 Å². The first kappa shape index (κ1) is 27.1. The Bertz CT molecular complexity index is 1240. The fourth-order valence-corrected chi connectivity index (χ4v) is 5.91. The number of rotatable bonds is 12. The molecule has 1 aliphatic carbocycles. The summed E-state index contributed by atoms with van der Waals surface area (Å²) in [6.07, 6.45) is 5.13. The molecule has 0 amide bonds. The summed E-state index contributed by atoms with van der Waals surface area (Å²) >= 11 is 0. The summed E-state index contributed by atoms with van der Waals surface area (Å²) in [5.41, 5.74) is 4.08. The minimum atomic E-state index is -3.68. The summed E-state index contributed by atoms with van der Waals surface area (Å²) in [4.78, 5) is 7.14. The SMILES string of the molecule is CCN(CC)CCOc1ccc(N(C)S(=O)(=O)c2ccc(CNC3CCCc4cccnc43)cc2)cc1. The average molecular weight is 523 g/mol. The monoisotopic (exact) mass is 522 g/mol. The molecular formula is C29H38N4O3S. The van der Waals surface area contributed by atoms with Crippen molar-refractivity contribution in [2.24, 2.45) is 0 Å². The van der Waals surface area contributed by atoms with E-state index in [1.807, 2.05) is 36.5 Å². The van der Waals surface area contributed by atoms with Crippen LogP contribution in [0.1, 0.15) is 49.6 Å². The van der Waals surface area contributed by atoms with Crippen LogP contribution in [0.2, 0.25) is 0 Å². The topological polar surface area (TPSA) is 74.8 Å². The Morgan fingerprint density at radius 2 is 1.76 bits per heavy atom. The quantitative estimate of drug-likeness (QED) is 0.369. The standard InChI is InChI=1S/C29H38N4O3S/c1-4-33(5-2)20-21-36-26-15-13-25(14-16-26)32(3)37(34,35)27-17-11-23(12-18-27)22-31-28-10-6-8-24-9-7-19-30-29(24)28/h7,9,11-19,28,31H,4-6,8,10,20-22H2,1-3H3. The van der Waals surface area contributed by atoms with Crippen LogP contribution in [0.5, 0.6) is 5.75 Å². The lowest BCUT2D eigenvalue weighted by molar-refractivity contribution is 0.223. The van der Waals surface area contributed by atoms with Gasteiger partial charge in [-0.05, 0) is 85.9 Å². The van der Waals surface area contributed by atoms with Gasteiger partial charge in [0, 0.05) is 26.3 Å². The highest BCUT2D eigenvalue weighted by Gasteiger charge is 2.23. The van der Waals surface area contributed by atoms with Gasteiger partial charge >= 0.3 is 0 Å². The van der Waals surface area contributed by atoms with Crippen molar-refractivity contribution in [3.63, 3.8) is 0 Å². The van der Waals surface area contributed by atoms with Crippen molar-refractivity contribution in [2.75, 3.05) is 37.6 Å². The van der Waals surface area contributed by atoms with Crippen LogP contribution in [0.4, 0.5) is 5.69 Å². The first-order valence-electron chi connectivity index (χ1n) is 13.1. The minimum Gasteiger partial charge on any atom is -0.492 e. The van der Waals surface area contributed by atoms with Crippen molar-refractivity contribution in [3.05, 3.63) is 83.7 Å². The molecule has 8 heteroatoms. The molecular weight excluding hydrogens is 484 g/mol. The van der Waals surface area contributed by atoms with Crippen molar-refractivity contribution in [2.45, 2.75) is 50.6 Å². The van der Waals surface area contributed by atoms with E-state index in [4.69, 9.17) is 4.74 Å². The van der Waals surface area contributed by atoms with Crippen LogP contribution in [0.25, 0.3) is 0 Å². The number of pyridine rings is 1. The molecule has 37 heavy (non-hydrogen) atoms. The fourth-order valence-electron chi connectivity index (χ4n) is 4.71. The van der Waals surface area contributed by atoms with E-state index in [1.165, 1.54) is 9.87 Å². The zero-order chi connectivity index (χ0) is 26.3. The van der Waals surface area contributed by atoms with E-state index in [1.54, 1.807) is 31.3 Å². The smallest absolute Gasteiger partial charge is 0.264 e. The molecule has 1 atom stereocenters. The Balaban J connectivity index is 1.34. The van der Waals surface area contributed by atoms with Crippen LogP contribution >= 0.6 is 0 Å². The highest BCUT2D eigenvalue weighted by molar-refractivity contribution is 7.92. The molecule has 4 rings (SSSR count). The first-order chi connectivity index (χ1) is 17.9. The van der Waals surface area contributed by atoms with Crippen LogP contribution in [0.15, 0.2) is 71.8 Å². The summed E-state index contributed by atoms with van der Waals surface area (Å²) in [6.45, 7) is 8.36. The second kappa shape index (κ2) is 12.5. The predicted molar refractivity (Wildman–Crippen MR) is 149 cm³/mol. The highest BCUT2D eigenvalue weighted by Crippen LogP contribution is 2.28. The van der Waals surface area contributed by atoms with Gasteiger partial charge in [0.15, 0.2) is 0 Å². The molecule has 0 saturated carbocycles. The van der Waals surface area contributed by atoms with Gasteiger partial charge in [0.1, 0.15) is 12.4 Å². The van der Waals surface area contributed by atoms with E-state index in [-0.39, 0.29) is 10.9 Å². The van der Waals surface area contributed by atoms with E-state index in [9.17, 15) is 8.42 Å². The maximum absolute atomic E-state index is 13.2. The summed E-state index contributed by atoms with van der Waals surface area (Å²) in [6, 6.07) is 18.7. The van der Waals surface area contributed by atoms with Crippen LogP contribution < -0.4 is 14.4 Å². The molecule has 1 aliphatic rings. The van der Waals surface area contributed by atoms with Crippen LogP contribution in [-0.4, -0.2) is 51.6 Å². The van der Waals surface area contributed by atoms with Gasteiger partial charge in [-0.25, -0.2) is 8.42 Å². The molecule has 0 fully saturated rings. The van der Waals surface area contributed by atoms with Gasteiger partial charge in [0.05, 0.1) is 22.3 Å². The summed E-state index contributed by atoms with van der Waals surface area (Å²) < 4.78 is 33.6. The number of aromatic nitrogens is 1. The number of nitrogens with one attached hydrogen (secondary N) is 1. The average Bonchev–Trinajstić information content (AvgIpc) is 2.94. The van der Waals surface area contributed by atoms with E-state index >= 15 is 0 Å². The predicted octanol–water partition coefficient (Wildman–Crippen LogP) is 4.79. The molecule has 0 spiro atoms. The molecule has 3 aromatic rings. The van der Waals surface area contributed by atoms with Crippen molar-refractivity contribution in [1.82, 2.24) is 15.2 Å².